The van der Waals surface area contributed by atoms with Crippen LogP contribution in [-0.2, 0) is 0 Å². The van der Waals surface area contributed by atoms with E-state index in [1.54, 1.807) is 12.4 Å². The molecule has 1 atom stereocenters. The second-order valence-corrected chi connectivity index (χ2v) is 4.23. The van der Waals surface area contributed by atoms with Crippen LogP contribution < -0.4 is 10.1 Å². The van der Waals surface area contributed by atoms with Crippen LogP contribution in [0.25, 0.3) is 0 Å². The molecule has 0 spiro atoms. The Balaban J connectivity index is 0.00000144. The van der Waals surface area contributed by atoms with Crippen molar-refractivity contribution in [1.29, 1.82) is 0 Å². The third-order valence-electron chi connectivity index (χ3n) is 2.95. The summed E-state index contributed by atoms with van der Waals surface area (Å²) in [4.78, 5) is 8.30. The molecule has 2 heterocycles. The van der Waals surface area contributed by atoms with Crippen molar-refractivity contribution in [2.75, 3.05) is 13.2 Å². The highest BCUT2D eigenvalue weighted by molar-refractivity contribution is 5.85. The van der Waals surface area contributed by atoms with Gasteiger partial charge in [0, 0.05) is 18.4 Å². The quantitative estimate of drug-likeness (QED) is 0.898. The molecule has 1 N–H and O–H groups in total. The standard InChI is InChI=1S/C12H19N3O.ClH/c1-10-12(15-8-7-13-10)16-9-5-11-4-2-3-6-14-11;/h7-8,11,14H,2-6,9H2,1H3;1H. The fourth-order valence-electron chi connectivity index (χ4n) is 2.00. The molecule has 1 fully saturated rings. The number of rotatable bonds is 4. The summed E-state index contributed by atoms with van der Waals surface area (Å²) in [5.74, 6) is 0.665. The zero-order chi connectivity index (χ0) is 11.2. The smallest absolute Gasteiger partial charge is 0.235 e. The Bertz CT molecular complexity index is 329. The summed E-state index contributed by atoms with van der Waals surface area (Å²) >= 11 is 0. The number of nitrogens with zero attached hydrogens (tertiary/aromatic N) is 2. The van der Waals surface area contributed by atoms with Gasteiger partial charge in [0.1, 0.15) is 0 Å². The summed E-state index contributed by atoms with van der Waals surface area (Å²) in [6.45, 7) is 3.78. The Kier molecular flexibility index (Phi) is 6.22. The van der Waals surface area contributed by atoms with Crippen molar-refractivity contribution in [3.05, 3.63) is 18.1 Å². The molecule has 96 valence electrons. The number of aryl methyl sites for hydroxylation is 1. The second-order valence-electron chi connectivity index (χ2n) is 4.23. The van der Waals surface area contributed by atoms with Gasteiger partial charge in [0.05, 0.1) is 12.3 Å². The molecule has 1 aliphatic rings. The number of hydrogen-bond acceptors (Lipinski definition) is 4. The highest BCUT2D eigenvalue weighted by atomic mass is 35.5. The summed E-state index contributed by atoms with van der Waals surface area (Å²) in [7, 11) is 0. The van der Waals surface area contributed by atoms with Crippen molar-refractivity contribution in [2.45, 2.75) is 38.6 Å². The van der Waals surface area contributed by atoms with Gasteiger partial charge in [-0.15, -0.1) is 12.4 Å². The molecule has 2 rings (SSSR count). The van der Waals surface area contributed by atoms with Crippen molar-refractivity contribution in [3.63, 3.8) is 0 Å². The Morgan fingerprint density at radius 3 is 2.88 bits per heavy atom. The number of halogens is 1. The van der Waals surface area contributed by atoms with Crippen LogP contribution in [0.2, 0.25) is 0 Å². The van der Waals surface area contributed by atoms with E-state index in [9.17, 15) is 0 Å². The van der Waals surface area contributed by atoms with Crippen LogP contribution in [0.1, 0.15) is 31.4 Å². The Morgan fingerprint density at radius 1 is 1.35 bits per heavy atom. The van der Waals surface area contributed by atoms with Crippen molar-refractivity contribution in [1.82, 2.24) is 15.3 Å². The fraction of sp³-hybridized carbons (Fsp3) is 0.667. The van der Waals surface area contributed by atoms with Gasteiger partial charge in [-0.1, -0.05) is 6.42 Å². The molecule has 0 radical (unpaired) electrons. The van der Waals surface area contributed by atoms with Crippen molar-refractivity contribution in [3.8, 4) is 5.88 Å². The number of nitrogens with one attached hydrogen (secondary N) is 1. The van der Waals surface area contributed by atoms with Gasteiger partial charge in [-0.25, -0.2) is 4.98 Å². The molecule has 1 aromatic rings. The van der Waals surface area contributed by atoms with Crippen molar-refractivity contribution in [2.24, 2.45) is 0 Å². The van der Waals surface area contributed by atoms with Gasteiger partial charge >= 0.3 is 0 Å². The molecule has 0 aromatic carbocycles. The number of hydrogen-bond donors (Lipinski definition) is 1. The summed E-state index contributed by atoms with van der Waals surface area (Å²) in [5, 5.41) is 3.50. The van der Waals surface area contributed by atoms with Gasteiger partial charge in [-0.05, 0) is 32.7 Å². The van der Waals surface area contributed by atoms with Crippen LogP contribution in [0.3, 0.4) is 0 Å². The second kappa shape index (κ2) is 7.45. The van der Waals surface area contributed by atoms with Crippen molar-refractivity contribution >= 4 is 12.4 Å². The molecule has 1 unspecified atom stereocenters. The van der Waals surface area contributed by atoms with Gasteiger partial charge in [0.2, 0.25) is 5.88 Å². The molecule has 0 saturated carbocycles. The molecular weight excluding hydrogens is 238 g/mol. The first-order valence-electron chi connectivity index (χ1n) is 6.00. The lowest BCUT2D eigenvalue weighted by molar-refractivity contribution is 0.258. The highest BCUT2D eigenvalue weighted by Gasteiger charge is 2.12. The molecule has 0 amide bonds. The maximum Gasteiger partial charge on any atom is 0.235 e. The van der Waals surface area contributed by atoms with E-state index in [0.717, 1.165) is 25.3 Å². The molecular formula is C12H20ClN3O. The third-order valence-corrected chi connectivity index (χ3v) is 2.95. The number of aromatic nitrogens is 2. The van der Waals surface area contributed by atoms with Gasteiger partial charge in [-0.2, -0.15) is 0 Å². The van der Waals surface area contributed by atoms with E-state index < -0.39 is 0 Å². The van der Waals surface area contributed by atoms with Crippen molar-refractivity contribution < 1.29 is 4.74 Å². The minimum absolute atomic E-state index is 0. The van der Waals surface area contributed by atoms with Crippen LogP contribution in [0.4, 0.5) is 0 Å². The molecule has 1 aromatic heterocycles. The lowest BCUT2D eigenvalue weighted by Crippen LogP contribution is -2.35. The van der Waals surface area contributed by atoms with E-state index in [2.05, 4.69) is 15.3 Å². The topological polar surface area (TPSA) is 47.0 Å². The van der Waals surface area contributed by atoms with E-state index in [1.807, 2.05) is 6.92 Å². The van der Waals surface area contributed by atoms with Crippen LogP contribution in [0, 0.1) is 6.92 Å². The van der Waals surface area contributed by atoms with Gasteiger partial charge in [0.15, 0.2) is 0 Å². The van der Waals surface area contributed by atoms with Crippen LogP contribution in [0.5, 0.6) is 5.88 Å². The van der Waals surface area contributed by atoms with Crippen LogP contribution >= 0.6 is 12.4 Å². The van der Waals surface area contributed by atoms with E-state index in [-0.39, 0.29) is 12.4 Å². The molecule has 4 nitrogen and oxygen atoms in total. The zero-order valence-corrected chi connectivity index (χ0v) is 11.0. The minimum atomic E-state index is 0. The highest BCUT2D eigenvalue weighted by Crippen LogP contribution is 2.13. The first-order chi connectivity index (χ1) is 7.86. The SMILES string of the molecule is Cc1nccnc1OCCC1CCCCN1.Cl. The number of piperidine rings is 1. The summed E-state index contributed by atoms with van der Waals surface area (Å²) in [6.07, 6.45) is 8.31. The first kappa shape index (κ1) is 14.2. The maximum absolute atomic E-state index is 5.63. The molecule has 1 aliphatic heterocycles. The Morgan fingerprint density at radius 2 is 2.18 bits per heavy atom. The minimum Gasteiger partial charge on any atom is -0.476 e. The Hall–Kier alpha value is -0.870. The normalized spacial score (nSPS) is 19.5. The van der Waals surface area contributed by atoms with Crippen LogP contribution in [-0.4, -0.2) is 29.2 Å². The average Bonchev–Trinajstić information content (AvgIpc) is 2.33. The van der Waals surface area contributed by atoms with Gasteiger partial charge < -0.3 is 10.1 Å². The first-order valence-corrected chi connectivity index (χ1v) is 6.00. The molecule has 5 heteroatoms. The average molecular weight is 258 g/mol. The maximum atomic E-state index is 5.63. The molecule has 1 saturated heterocycles. The third kappa shape index (κ3) is 4.48. The lowest BCUT2D eigenvalue weighted by Gasteiger charge is -2.23. The largest absolute Gasteiger partial charge is 0.476 e. The van der Waals surface area contributed by atoms with E-state index in [0.29, 0.717) is 11.9 Å². The Labute approximate surface area is 109 Å². The van der Waals surface area contributed by atoms with Crippen LogP contribution in [0.15, 0.2) is 12.4 Å². The summed E-state index contributed by atoms with van der Waals surface area (Å²) < 4.78 is 5.63. The predicted octanol–water partition coefficient (Wildman–Crippen LogP) is 2.12. The van der Waals surface area contributed by atoms with E-state index >= 15 is 0 Å². The summed E-state index contributed by atoms with van der Waals surface area (Å²) in [6, 6.07) is 0.616. The van der Waals surface area contributed by atoms with Gasteiger partial charge in [0.25, 0.3) is 0 Å². The van der Waals surface area contributed by atoms with E-state index in [4.69, 9.17) is 4.74 Å². The molecule has 0 aliphatic carbocycles. The number of ether oxygens (including phenoxy) is 1. The monoisotopic (exact) mass is 257 g/mol. The van der Waals surface area contributed by atoms with Gasteiger partial charge in [-0.3, -0.25) is 4.98 Å². The summed E-state index contributed by atoms with van der Waals surface area (Å²) in [5.41, 5.74) is 0.860. The zero-order valence-electron chi connectivity index (χ0n) is 10.2. The predicted molar refractivity (Wildman–Crippen MR) is 69.8 cm³/mol. The molecule has 17 heavy (non-hydrogen) atoms. The lowest BCUT2D eigenvalue weighted by atomic mass is 10.0. The fourth-order valence-corrected chi connectivity index (χ4v) is 2.00. The van der Waals surface area contributed by atoms with E-state index in [1.165, 1.54) is 19.3 Å². The molecule has 0 bridgehead atoms.